The lowest BCUT2D eigenvalue weighted by atomic mass is 10.1. The van der Waals surface area contributed by atoms with Crippen LogP contribution in [0.4, 0.5) is 4.79 Å². The molecule has 82 valence electrons. The van der Waals surface area contributed by atoms with E-state index in [0.29, 0.717) is 13.1 Å². The van der Waals surface area contributed by atoms with Crippen molar-refractivity contribution in [3.8, 4) is 0 Å². The van der Waals surface area contributed by atoms with Crippen molar-refractivity contribution in [2.24, 2.45) is 11.5 Å². The van der Waals surface area contributed by atoms with Crippen LogP contribution in [-0.4, -0.2) is 54.1 Å². The molecule has 1 aliphatic rings. The Morgan fingerprint density at radius 1 is 1.29 bits per heavy atom. The van der Waals surface area contributed by atoms with Gasteiger partial charge in [-0.2, -0.15) is 0 Å². The third-order valence-corrected chi connectivity index (χ3v) is 2.32. The van der Waals surface area contributed by atoms with Crippen LogP contribution in [0.2, 0.25) is 0 Å². The van der Waals surface area contributed by atoms with Crippen molar-refractivity contribution in [3.63, 3.8) is 0 Å². The third kappa shape index (κ3) is 3.51. The molecule has 0 spiro atoms. The third-order valence-electron chi connectivity index (χ3n) is 2.32. The summed E-state index contributed by atoms with van der Waals surface area (Å²) in [5, 5.41) is 0. The Morgan fingerprint density at radius 2 is 1.79 bits per heavy atom. The number of hydrogen-bond acceptors (Lipinski definition) is 3. The first-order valence-corrected chi connectivity index (χ1v) is 4.94. The summed E-state index contributed by atoms with van der Waals surface area (Å²) in [6.07, 6.45) is 0. The zero-order valence-electron chi connectivity index (χ0n) is 8.99. The van der Waals surface area contributed by atoms with Crippen molar-refractivity contribution in [2.45, 2.75) is 19.4 Å². The van der Waals surface area contributed by atoms with E-state index in [1.165, 1.54) is 0 Å². The van der Waals surface area contributed by atoms with Crippen LogP contribution >= 0.6 is 0 Å². The number of hydrogen-bond donors (Lipinski definition) is 2. The number of carbonyl (C=O) groups is 1. The van der Waals surface area contributed by atoms with E-state index in [2.05, 4.69) is 4.90 Å². The topological polar surface area (TPSA) is 75.6 Å². The molecule has 0 aromatic rings. The first kappa shape index (κ1) is 11.3. The average Bonchev–Trinajstić information content (AvgIpc) is 2.02. The fourth-order valence-corrected chi connectivity index (χ4v) is 1.70. The molecule has 0 saturated carbocycles. The number of nitrogens with two attached hydrogens (primary N) is 2. The minimum atomic E-state index is -0.323. The van der Waals surface area contributed by atoms with Gasteiger partial charge in [0.1, 0.15) is 0 Å². The molecule has 0 aromatic carbocycles. The van der Waals surface area contributed by atoms with Crippen LogP contribution in [0, 0.1) is 0 Å². The summed E-state index contributed by atoms with van der Waals surface area (Å²) in [6.45, 7) is 8.03. The lowest BCUT2D eigenvalue weighted by molar-refractivity contribution is 0.130. The molecular formula is C9H20N4O. The standard InChI is InChI=1S/C9H20N4O/c1-9(2,11)7-12-3-5-13(6-4-12)8(10)14/h3-7,11H2,1-2H3,(H2,10,14). The number of urea groups is 1. The number of amides is 2. The molecule has 14 heavy (non-hydrogen) atoms. The van der Waals surface area contributed by atoms with Crippen molar-refractivity contribution < 1.29 is 4.79 Å². The van der Waals surface area contributed by atoms with Crippen molar-refractivity contribution in [1.29, 1.82) is 0 Å². The lowest BCUT2D eigenvalue weighted by Gasteiger charge is -2.36. The molecule has 0 radical (unpaired) electrons. The van der Waals surface area contributed by atoms with E-state index in [4.69, 9.17) is 11.5 Å². The highest BCUT2D eigenvalue weighted by Gasteiger charge is 2.22. The van der Waals surface area contributed by atoms with Crippen LogP contribution in [0.15, 0.2) is 0 Å². The maximum Gasteiger partial charge on any atom is 0.314 e. The Labute approximate surface area is 85.0 Å². The van der Waals surface area contributed by atoms with Crippen molar-refractivity contribution >= 4 is 6.03 Å². The molecule has 0 unspecified atom stereocenters. The zero-order valence-corrected chi connectivity index (χ0v) is 8.99. The second-order valence-corrected chi connectivity index (χ2v) is 4.59. The average molecular weight is 200 g/mol. The van der Waals surface area contributed by atoms with Gasteiger partial charge in [-0.05, 0) is 13.8 Å². The smallest absolute Gasteiger partial charge is 0.314 e. The molecule has 5 heteroatoms. The van der Waals surface area contributed by atoms with Gasteiger partial charge >= 0.3 is 6.03 Å². The SMILES string of the molecule is CC(C)(N)CN1CCN(C(N)=O)CC1. The number of nitrogens with zero attached hydrogens (tertiary/aromatic N) is 2. The van der Waals surface area contributed by atoms with Gasteiger partial charge in [-0.3, -0.25) is 4.90 Å². The van der Waals surface area contributed by atoms with Crippen molar-refractivity contribution in [1.82, 2.24) is 9.80 Å². The Hall–Kier alpha value is -0.810. The van der Waals surface area contributed by atoms with Crippen LogP contribution in [-0.2, 0) is 0 Å². The van der Waals surface area contributed by atoms with E-state index in [-0.39, 0.29) is 11.6 Å². The lowest BCUT2D eigenvalue weighted by Crippen LogP contribution is -2.54. The minimum Gasteiger partial charge on any atom is -0.351 e. The Kier molecular flexibility index (Phi) is 3.34. The van der Waals surface area contributed by atoms with Crippen LogP contribution in [0.3, 0.4) is 0 Å². The molecule has 1 rings (SSSR count). The Morgan fingerprint density at radius 3 is 2.14 bits per heavy atom. The van der Waals surface area contributed by atoms with Gasteiger partial charge < -0.3 is 16.4 Å². The molecule has 5 nitrogen and oxygen atoms in total. The van der Waals surface area contributed by atoms with Crippen LogP contribution < -0.4 is 11.5 Å². The van der Waals surface area contributed by atoms with Gasteiger partial charge in [0, 0.05) is 38.3 Å². The van der Waals surface area contributed by atoms with E-state index >= 15 is 0 Å². The molecule has 0 bridgehead atoms. The number of rotatable bonds is 2. The Balaban J connectivity index is 2.33. The fourth-order valence-electron chi connectivity index (χ4n) is 1.70. The summed E-state index contributed by atoms with van der Waals surface area (Å²) in [7, 11) is 0. The van der Waals surface area contributed by atoms with Crippen molar-refractivity contribution in [2.75, 3.05) is 32.7 Å². The minimum absolute atomic E-state index is 0.172. The van der Waals surface area contributed by atoms with Gasteiger partial charge in [-0.1, -0.05) is 0 Å². The number of carbonyl (C=O) groups excluding carboxylic acids is 1. The molecule has 2 amide bonds. The summed E-state index contributed by atoms with van der Waals surface area (Å²) in [5.74, 6) is 0. The highest BCUT2D eigenvalue weighted by Crippen LogP contribution is 2.06. The summed E-state index contributed by atoms with van der Waals surface area (Å²) < 4.78 is 0. The maximum atomic E-state index is 10.9. The van der Waals surface area contributed by atoms with Crippen LogP contribution in [0.5, 0.6) is 0 Å². The molecule has 1 heterocycles. The van der Waals surface area contributed by atoms with Gasteiger partial charge in [0.05, 0.1) is 0 Å². The molecule has 1 saturated heterocycles. The summed E-state index contributed by atoms with van der Waals surface area (Å²) in [6, 6.07) is -0.323. The second kappa shape index (κ2) is 4.14. The van der Waals surface area contributed by atoms with Gasteiger partial charge in [0.25, 0.3) is 0 Å². The molecular weight excluding hydrogens is 180 g/mol. The van der Waals surface area contributed by atoms with Crippen molar-refractivity contribution in [3.05, 3.63) is 0 Å². The number of piperazine rings is 1. The summed E-state index contributed by atoms with van der Waals surface area (Å²) in [4.78, 5) is 14.8. The number of primary amides is 1. The zero-order chi connectivity index (χ0) is 10.8. The van der Waals surface area contributed by atoms with Crippen LogP contribution in [0.1, 0.15) is 13.8 Å². The van der Waals surface area contributed by atoms with Gasteiger partial charge in [-0.15, -0.1) is 0 Å². The summed E-state index contributed by atoms with van der Waals surface area (Å²) in [5.41, 5.74) is 10.9. The monoisotopic (exact) mass is 200 g/mol. The predicted octanol–water partition coefficient (Wildman–Crippen LogP) is -0.580. The van der Waals surface area contributed by atoms with Gasteiger partial charge in [0.15, 0.2) is 0 Å². The van der Waals surface area contributed by atoms with Gasteiger partial charge in [-0.25, -0.2) is 4.79 Å². The quantitative estimate of drug-likeness (QED) is 0.626. The van der Waals surface area contributed by atoms with Crippen LogP contribution in [0.25, 0.3) is 0 Å². The highest BCUT2D eigenvalue weighted by atomic mass is 16.2. The van der Waals surface area contributed by atoms with E-state index in [1.54, 1.807) is 4.90 Å². The molecule has 0 aromatic heterocycles. The normalized spacial score (nSPS) is 19.8. The molecule has 1 fully saturated rings. The molecule has 1 aliphatic heterocycles. The molecule has 0 aliphatic carbocycles. The van der Waals surface area contributed by atoms with E-state index in [1.807, 2.05) is 13.8 Å². The molecule has 4 N–H and O–H groups in total. The van der Waals surface area contributed by atoms with E-state index in [0.717, 1.165) is 19.6 Å². The van der Waals surface area contributed by atoms with E-state index < -0.39 is 0 Å². The highest BCUT2D eigenvalue weighted by molar-refractivity contribution is 5.72. The largest absolute Gasteiger partial charge is 0.351 e. The second-order valence-electron chi connectivity index (χ2n) is 4.59. The van der Waals surface area contributed by atoms with E-state index in [9.17, 15) is 4.79 Å². The Bertz CT molecular complexity index is 203. The molecule has 0 atom stereocenters. The maximum absolute atomic E-state index is 10.9. The first-order chi connectivity index (χ1) is 6.38. The van der Waals surface area contributed by atoms with Gasteiger partial charge in [0.2, 0.25) is 0 Å². The summed E-state index contributed by atoms with van der Waals surface area (Å²) >= 11 is 0. The predicted molar refractivity (Wildman–Crippen MR) is 55.9 cm³/mol. The first-order valence-electron chi connectivity index (χ1n) is 4.94. The fraction of sp³-hybridized carbons (Fsp3) is 0.889.